The summed E-state index contributed by atoms with van der Waals surface area (Å²) in [5.41, 5.74) is 12.0. The molecule has 0 saturated heterocycles. The Morgan fingerprint density at radius 1 is 1.28 bits per heavy atom. The standard InChI is InChI=1S/C21H19BClN5O/c1-29-19-6-14(17(23)7-16(19)22)20-15-10-28(11-18(15)26-21(25)27-20)9-13-5-3-2-4-12(13)8-24/h2-7H,9-11,22H2,1H3,(H2,25,26,27). The number of nitrogen functional groups attached to an aromatic ring is 1. The SMILES string of the molecule is Bc1cc(Cl)c(-c2nc(N)nc3c2CN(Cc2ccccc2C#N)C3)cc1OC. The molecular weight excluding hydrogens is 385 g/mol. The lowest BCUT2D eigenvalue weighted by molar-refractivity contribution is 0.274. The molecule has 8 heteroatoms. The fraction of sp³-hybridized carbons (Fsp3) is 0.190. The third-order valence-electron chi connectivity index (χ3n) is 5.14. The number of nitriles is 1. The van der Waals surface area contributed by atoms with Gasteiger partial charge in [-0.25, -0.2) is 9.97 Å². The molecule has 0 aliphatic carbocycles. The Bertz CT molecular complexity index is 1140. The molecule has 2 N–H and O–H groups in total. The van der Waals surface area contributed by atoms with Gasteiger partial charge in [-0.05, 0) is 29.2 Å². The Hall–Kier alpha value is -3.08. The first-order valence-corrected chi connectivity index (χ1v) is 9.58. The highest BCUT2D eigenvalue weighted by Crippen LogP contribution is 2.36. The third-order valence-corrected chi connectivity index (χ3v) is 5.45. The highest BCUT2D eigenvalue weighted by molar-refractivity contribution is 6.39. The second-order valence-corrected chi connectivity index (χ2v) is 7.48. The number of halogens is 1. The molecule has 2 heterocycles. The van der Waals surface area contributed by atoms with Crippen LogP contribution in [0.1, 0.15) is 22.4 Å². The zero-order chi connectivity index (χ0) is 20.5. The van der Waals surface area contributed by atoms with E-state index >= 15 is 0 Å². The quantitative estimate of drug-likeness (QED) is 0.671. The maximum atomic E-state index is 9.36. The Balaban J connectivity index is 1.72. The van der Waals surface area contributed by atoms with Crippen molar-refractivity contribution in [2.24, 2.45) is 0 Å². The number of hydrogen-bond donors (Lipinski definition) is 1. The highest BCUT2D eigenvalue weighted by Gasteiger charge is 2.27. The minimum absolute atomic E-state index is 0.216. The van der Waals surface area contributed by atoms with E-state index < -0.39 is 0 Å². The predicted molar refractivity (Wildman–Crippen MR) is 116 cm³/mol. The van der Waals surface area contributed by atoms with E-state index in [9.17, 15) is 5.26 Å². The summed E-state index contributed by atoms with van der Waals surface area (Å²) in [6, 6.07) is 13.7. The van der Waals surface area contributed by atoms with Crippen molar-refractivity contribution in [2.45, 2.75) is 19.6 Å². The first-order valence-electron chi connectivity index (χ1n) is 9.20. The van der Waals surface area contributed by atoms with Gasteiger partial charge in [-0.15, -0.1) is 0 Å². The zero-order valence-corrected chi connectivity index (χ0v) is 17.0. The molecule has 2 aromatic carbocycles. The summed E-state index contributed by atoms with van der Waals surface area (Å²) in [6.45, 7) is 1.93. The van der Waals surface area contributed by atoms with E-state index in [1.807, 2.05) is 44.2 Å². The molecule has 0 saturated carbocycles. The van der Waals surface area contributed by atoms with E-state index in [2.05, 4.69) is 20.9 Å². The van der Waals surface area contributed by atoms with Gasteiger partial charge in [0.05, 0.1) is 30.1 Å². The number of anilines is 1. The van der Waals surface area contributed by atoms with E-state index in [0.717, 1.165) is 39.3 Å². The summed E-state index contributed by atoms with van der Waals surface area (Å²) in [7, 11) is 3.58. The van der Waals surface area contributed by atoms with Crippen LogP contribution in [0, 0.1) is 11.3 Å². The normalized spacial score (nSPS) is 13.1. The molecule has 0 bridgehead atoms. The topological polar surface area (TPSA) is 88.1 Å². The number of benzene rings is 2. The molecule has 0 spiro atoms. The first kappa shape index (κ1) is 19.3. The first-order chi connectivity index (χ1) is 14.0. The van der Waals surface area contributed by atoms with Crippen LogP contribution in [-0.2, 0) is 19.6 Å². The van der Waals surface area contributed by atoms with E-state index in [0.29, 0.717) is 30.2 Å². The lowest BCUT2D eigenvalue weighted by Gasteiger charge is -2.16. The van der Waals surface area contributed by atoms with Gasteiger partial charge in [0.1, 0.15) is 13.6 Å². The number of aromatic nitrogens is 2. The molecule has 0 fully saturated rings. The Labute approximate surface area is 175 Å². The fourth-order valence-electron chi connectivity index (χ4n) is 3.73. The Morgan fingerprint density at radius 3 is 2.83 bits per heavy atom. The number of nitrogens with two attached hydrogens (primary N) is 1. The number of ether oxygens (including phenoxy) is 1. The van der Waals surface area contributed by atoms with Crippen molar-refractivity contribution >= 4 is 30.9 Å². The second kappa shape index (κ2) is 7.74. The van der Waals surface area contributed by atoms with E-state index in [4.69, 9.17) is 22.1 Å². The minimum atomic E-state index is 0.216. The maximum absolute atomic E-state index is 9.36. The number of fused-ring (bicyclic) bond motifs is 1. The van der Waals surface area contributed by atoms with Crippen LogP contribution in [0.25, 0.3) is 11.3 Å². The van der Waals surface area contributed by atoms with Gasteiger partial charge in [0.2, 0.25) is 5.95 Å². The van der Waals surface area contributed by atoms with Gasteiger partial charge in [-0.3, -0.25) is 4.90 Å². The molecule has 144 valence electrons. The molecular formula is C21H19BClN5O. The summed E-state index contributed by atoms with van der Waals surface area (Å²) in [6.07, 6.45) is 0. The molecule has 1 aliphatic heterocycles. The summed E-state index contributed by atoms with van der Waals surface area (Å²) < 4.78 is 5.46. The average Bonchev–Trinajstić information content (AvgIpc) is 3.10. The Kier molecular flexibility index (Phi) is 5.14. The van der Waals surface area contributed by atoms with Crippen molar-refractivity contribution in [1.82, 2.24) is 14.9 Å². The predicted octanol–water partition coefficient (Wildman–Crippen LogP) is 2.03. The number of nitrogens with zero attached hydrogens (tertiary/aromatic N) is 4. The maximum Gasteiger partial charge on any atom is 0.220 e. The molecule has 0 radical (unpaired) electrons. The smallest absolute Gasteiger partial charge is 0.220 e. The van der Waals surface area contributed by atoms with Crippen LogP contribution in [0.2, 0.25) is 5.02 Å². The molecule has 29 heavy (non-hydrogen) atoms. The van der Waals surface area contributed by atoms with Crippen LogP contribution in [0.15, 0.2) is 36.4 Å². The van der Waals surface area contributed by atoms with Gasteiger partial charge in [0.25, 0.3) is 0 Å². The number of rotatable bonds is 4. The molecule has 3 aromatic rings. The van der Waals surface area contributed by atoms with Crippen LogP contribution < -0.4 is 15.9 Å². The van der Waals surface area contributed by atoms with Crippen LogP contribution in [0.3, 0.4) is 0 Å². The van der Waals surface area contributed by atoms with Crippen molar-refractivity contribution in [2.75, 3.05) is 12.8 Å². The largest absolute Gasteiger partial charge is 0.497 e. The average molecular weight is 404 g/mol. The molecule has 0 unspecified atom stereocenters. The molecule has 6 nitrogen and oxygen atoms in total. The van der Waals surface area contributed by atoms with Crippen LogP contribution in [0.5, 0.6) is 5.75 Å². The van der Waals surface area contributed by atoms with Gasteiger partial charge in [-0.1, -0.05) is 29.8 Å². The summed E-state index contributed by atoms with van der Waals surface area (Å²) in [4.78, 5) is 11.2. The van der Waals surface area contributed by atoms with Gasteiger partial charge < -0.3 is 10.5 Å². The Morgan fingerprint density at radius 2 is 2.07 bits per heavy atom. The van der Waals surface area contributed by atoms with Gasteiger partial charge >= 0.3 is 0 Å². The monoisotopic (exact) mass is 403 g/mol. The summed E-state index contributed by atoms with van der Waals surface area (Å²) in [5.74, 6) is 0.960. The highest BCUT2D eigenvalue weighted by atomic mass is 35.5. The lowest BCUT2D eigenvalue weighted by atomic mass is 9.92. The fourth-order valence-corrected chi connectivity index (χ4v) is 4.04. The van der Waals surface area contributed by atoms with Gasteiger partial charge in [-0.2, -0.15) is 5.26 Å². The van der Waals surface area contributed by atoms with Crippen LogP contribution in [-0.4, -0.2) is 29.8 Å². The molecule has 1 aromatic heterocycles. The second-order valence-electron chi connectivity index (χ2n) is 7.07. The third kappa shape index (κ3) is 3.65. The van der Waals surface area contributed by atoms with Crippen LogP contribution in [0.4, 0.5) is 5.95 Å². The number of hydrogen-bond acceptors (Lipinski definition) is 6. The minimum Gasteiger partial charge on any atom is -0.497 e. The zero-order valence-electron chi connectivity index (χ0n) is 16.2. The van der Waals surface area contributed by atoms with Crippen molar-refractivity contribution in [3.8, 4) is 23.1 Å². The van der Waals surface area contributed by atoms with Crippen molar-refractivity contribution < 1.29 is 4.74 Å². The summed E-state index contributed by atoms with van der Waals surface area (Å²) >= 11 is 6.55. The molecule has 0 amide bonds. The van der Waals surface area contributed by atoms with E-state index in [1.54, 1.807) is 7.11 Å². The van der Waals surface area contributed by atoms with Crippen LogP contribution >= 0.6 is 11.6 Å². The molecule has 4 rings (SSSR count). The van der Waals surface area contributed by atoms with E-state index in [-0.39, 0.29) is 5.95 Å². The van der Waals surface area contributed by atoms with Crippen molar-refractivity contribution in [3.63, 3.8) is 0 Å². The summed E-state index contributed by atoms with van der Waals surface area (Å²) in [5, 5.41) is 9.96. The van der Waals surface area contributed by atoms with Crippen molar-refractivity contribution in [3.05, 3.63) is 63.8 Å². The number of methoxy groups -OCH3 is 1. The lowest BCUT2D eigenvalue weighted by Crippen LogP contribution is -2.16. The van der Waals surface area contributed by atoms with Gasteiger partial charge in [0, 0.05) is 35.8 Å². The molecule has 1 aliphatic rings. The van der Waals surface area contributed by atoms with E-state index in [1.165, 1.54) is 0 Å². The van der Waals surface area contributed by atoms with Crippen molar-refractivity contribution in [1.29, 1.82) is 5.26 Å². The van der Waals surface area contributed by atoms with Gasteiger partial charge in [0.15, 0.2) is 0 Å². The molecule has 0 atom stereocenters.